The number of ether oxygens (including phenoxy) is 1. The summed E-state index contributed by atoms with van der Waals surface area (Å²) in [5.41, 5.74) is 3.10. The molecule has 0 spiro atoms. The fourth-order valence-corrected chi connectivity index (χ4v) is 2.28. The van der Waals surface area contributed by atoms with Crippen LogP contribution in [0, 0.1) is 0 Å². The fourth-order valence-electron chi connectivity index (χ4n) is 1.97. The number of nitrogens with two attached hydrogens (primary N) is 1. The van der Waals surface area contributed by atoms with E-state index in [0.29, 0.717) is 0 Å². The van der Waals surface area contributed by atoms with Gasteiger partial charge in [0, 0.05) is 6.20 Å². The third kappa shape index (κ3) is 2.21. The Bertz CT molecular complexity index is 518. The summed E-state index contributed by atoms with van der Waals surface area (Å²) >= 11 is 5.66. The molecule has 1 aromatic rings. The SMILES string of the molecule is Nc1ccn([C@@H]2O[C@@](CO)(CCl)[C@@H](O)[C@@H]2O)c(=O)n1. The van der Waals surface area contributed by atoms with Gasteiger partial charge in [0.15, 0.2) is 6.23 Å². The highest BCUT2D eigenvalue weighted by molar-refractivity contribution is 6.18. The monoisotopic (exact) mass is 291 g/mol. The number of anilines is 1. The zero-order valence-corrected chi connectivity index (χ0v) is 10.6. The average Bonchev–Trinajstić information content (AvgIpc) is 2.64. The first-order chi connectivity index (χ1) is 8.95. The number of aliphatic hydroxyl groups is 3. The highest BCUT2D eigenvalue weighted by Crippen LogP contribution is 2.37. The van der Waals surface area contributed by atoms with Crippen molar-refractivity contribution in [2.75, 3.05) is 18.2 Å². The molecular weight excluding hydrogens is 278 g/mol. The molecule has 1 aliphatic rings. The third-order valence-corrected chi connectivity index (χ3v) is 3.58. The van der Waals surface area contributed by atoms with Gasteiger partial charge in [-0.2, -0.15) is 4.98 Å². The number of alkyl halides is 1. The van der Waals surface area contributed by atoms with E-state index in [9.17, 15) is 20.1 Å². The van der Waals surface area contributed by atoms with Gasteiger partial charge in [0.25, 0.3) is 0 Å². The van der Waals surface area contributed by atoms with Crippen LogP contribution in [0.15, 0.2) is 17.1 Å². The van der Waals surface area contributed by atoms with E-state index in [1.165, 1.54) is 12.3 Å². The minimum atomic E-state index is -1.52. The van der Waals surface area contributed by atoms with Crippen LogP contribution in [-0.2, 0) is 4.74 Å². The highest BCUT2D eigenvalue weighted by Gasteiger charge is 2.54. The largest absolute Gasteiger partial charge is 0.393 e. The molecule has 1 saturated heterocycles. The lowest BCUT2D eigenvalue weighted by Gasteiger charge is -2.27. The van der Waals surface area contributed by atoms with Crippen molar-refractivity contribution in [3.05, 3.63) is 22.7 Å². The first-order valence-electron chi connectivity index (χ1n) is 5.50. The van der Waals surface area contributed by atoms with Gasteiger partial charge in [0.1, 0.15) is 23.6 Å². The van der Waals surface area contributed by atoms with Gasteiger partial charge >= 0.3 is 5.69 Å². The molecule has 0 amide bonds. The number of hydrogen-bond acceptors (Lipinski definition) is 7. The first kappa shape index (κ1) is 14.2. The van der Waals surface area contributed by atoms with Gasteiger partial charge in [-0.05, 0) is 6.07 Å². The highest BCUT2D eigenvalue weighted by atomic mass is 35.5. The van der Waals surface area contributed by atoms with Crippen molar-refractivity contribution in [2.45, 2.75) is 24.0 Å². The van der Waals surface area contributed by atoms with Crippen molar-refractivity contribution in [3.8, 4) is 0 Å². The van der Waals surface area contributed by atoms with E-state index in [0.717, 1.165) is 4.57 Å². The number of aromatic nitrogens is 2. The Morgan fingerprint density at radius 3 is 2.74 bits per heavy atom. The normalized spacial score (nSPS) is 34.6. The predicted molar refractivity (Wildman–Crippen MR) is 65.6 cm³/mol. The Morgan fingerprint density at radius 2 is 2.26 bits per heavy atom. The lowest BCUT2D eigenvalue weighted by Crippen LogP contribution is -2.47. The summed E-state index contributed by atoms with van der Waals surface area (Å²) in [5.74, 6) is -0.213. The maximum Gasteiger partial charge on any atom is 0.351 e. The Hall–Kier alpha value is -1.19. The van der Waals surface area contributed by atoms with Crippen LogP contribution in [0.2, 0.25) is 0 Å². The molecule has 0 unspecified atom stereocenters. The Morgan fingerprint density at radius 1 is 1.58 bits per heavy atom. The smallest absolute Gasteiger partial charge is 0.351 e. The van der Waals surface area contributed by atoms with Crippen LogP contribution in [0.5, 0.6) is 0 Å². The first-order valence-corrected chi connectivity index (χ1v) is 6.04. The summed E-state index contributed by atoms with van der Waals surface area (Å²) in [7, 11) is 0. The van der Waals surface area contributed by atoms with E-state index in [1.807, 2.05) is 0 Å². The van der Waals surface area contributed by atoms with Crippen LogP contribution in [0.1, 0.15) is 6.23 Å². The zero-order chi connectivity index (χ0) is 14.2. The lowest BCUT2D eigenvalue weighted by molar-refractivity contribution is -0.115. The summed E-state index contributed by atoms with van der Waals surface area (Å²) in [6.45, 7) is -0.595. The molecule has 0 saturated carbocycles. The second-order valence-corrected chi connectivity index (χ2v) is 4.61. The van der Waals surface area contributed by atoms with Gasteiger partial charge in [-0.15, -0.1) is 11.6 Å². The second kappa shape index (κ2) is 5.06. The Labute approximate surface area is 113 Å². The Kier molecular flexibility index (Phi) is 3.79. The van der Waals surface area contributed by atoms with Gasteiger partial charge in [0.05, 0.1) is 12.5 Å². The minimum absolute atomic E-state index is 0.0278. The van der Waals surface area contributed by atoms with Gasteiger partial charge in [-0.25, -0.2) is 4.79 Å². The molecule has 1 aromatic heterocycles. The van der Waals surface area contributed by atoms with E-state index in [4.69, 9.17) is 22.1 Å². The molecule has 9 heteroatoms. The number of nitrogen functional groups attached to an aromatic ring is 1. The van der Waals surface area contributed by atoms with Crippen LogP contribution < -0.4 is 11.4 Å². The zero-order valence-electron chi connectivity index (χ0n) is 9.81. The van der Waals surface area contributed by atoms with Crippen molar-refractivity contribution < 1.29 is 20.1 Å². The maximum absolute atomic E-state index is 11.7. The van der Waals surface area contributed by atoms with E-state index in [-0.39, 0.29) is 11.7 Å². The quantitative estimate of drug-likeness (QED) is 0.476. The molecule has 1 fully saturated rings. The number of halogens is 1. The summed E-state index contributed by atoms with van der Waals surface area (Å²) < 4.78 is 6.36. The van der Waals surface area contributed by atoms with Crippen LogP contribution in [0.4, 0.5) is 5.82 Å². The van der Waals surface area contributed by atoms with Crippen LogP contribution in [-0.4, -0.2) is 55.2 Å². The number of aliphatic hydroxyl groups excluding tert-OH is 3. The van der Waals surface area contributed by atoms with E-state index >= 15 is 0 Å². The van der Waals surface area contributed by atoms with Crippen LogP contribution >= 0.6 is 11.6 Å². The van der Waals surface area contributed by atoms with E-state index < -0.39 is 36.3 Å². The molecule has 8 nitrogen and oxygen atoms in total. The predicted octanol–water partition coefficient (Wildman–Crippen LogP) is -1.95. The maximum atomic E-state index is 11.7. The molecule has 5 N–H and O–H groups in total. The van der Waals surface area contributed by atoms with Crippen LogP contribution in [0.25, 0.3) is 0 Å². The number of rotatable bonds is 3. The standard InChI is InChI=1S/C10H14ClN3O5/c11-3-10(4-15)7(17)6(16)8(19-10)14-2-1-5(12)13-9(14)18/h1-2,6-8,15-17H,3-4H2,(H2,12,13,18)/t6-,7-,8+,10+/m0/s1. The van der Waals surface area contributed by atoms with Crippen molar-refractivity contribution in [1.29, 1.82) is 0 Å². The van der Waals surface area contributed by atoms with Crippen molar-refractivity contribution in [3.63, 3.8) is 0 Å². The molecule has 0 aromatic carbocycles. The number of nitrogens with zero attached hydrogens (tertiary/aromatic N) is 2. The van der Waals surface area contributed by atoms with Gasteiger partial charge in [0.2, 0.25) is 0 Å². The molecule has 0 radical (unpaired) electrons. The van der Waals surface area contributed by atoms with Crippen molar-refractivity contribution >= 4 is 17.4 Å². The van der Waals surface area contributed by atoms with Gasteiger partial charge in [-0.1, -0.05) is 0 Å². The molecule has 2 heterocycles. The third-order valence-electron chi connectivity index (χ3n) is 3.13. The molecule has 106 valence electrons. The molecule has 0 aliphatic carbocycles. The second-order valence-electron chi connectivity index (χ2n) is 4.34. The fraction of sp³-hybridized carbons (Fsp3) is 0.600. The number of hydrogen-bond donors (Lipinski definition) is 4. The Balaban J connectivity index is 2.39. The lowest BCUT2D eigenvalue weighted by atomic mass is 9.98. The average molecular weight is 292 g/mol. The summed E-state index contributed by atoms with van der Waals surface area (Å²) in [6, 6.07) is 1.35. The van der Waals surface area contributed by atoms with Gasteiger partial charge < -0.3 is 25.8 Å². The molecule has 1 aliphatic heterocycles. The van der Waals surface area contributed by atoms with Crippen molar-refractivity contribution in [1.82, 2.24) is 9.55 Å². The minimum Gasteiger partial charge on any atom is -0.393 e. The van der Waals surface area contributed by atoms with Gasteiger partial charge in [-0.3, -0.25) is 4.57 Å². The molecule has 0 bridgehead atoms. The summed E-state index contributed by atoms with van der Waals surface area (Å²) in [6.07, 6.45) is -2.76. The van der Waals surface area contributed by atoms with E-state index in [1.54, 1.807) is 0 Å². The summed E-state index contributed by atoms with van der Waals surface area (Å²) in [5, 5.41) is 29.1. The molecule has 4 atom stereocenters. The molecular formula is C10H14ClN3O5. The van der Waals surface area contributed by atoms with Crippen molar-refractivity contribution in [2.24, 2.45) is 0 Å². The molecule has 19 heavy (non-hydrogen) atoms. The topological polar surface area (TPSA) is 131 Å². The van der Waals surface area contributed by atoms with Crippen LogP contribution in [0.3, 0.4) is 0 Å². The summed E-state index contributed by atoms with van der Waals surface area (Å²) in [4.78, 5) is 15.2. The molecule has 2 rings (SSSR count). The van der Waals surface area contributed by atoms with E-state index in [2.05, 4.69) is 4.98 Å².